The van der Waals surface area contributed by atoms with Crippen LogP contribution in [0, 0.1) is 0 Å². The first-order valence-electron chi connectivity index (χ1n) is 13.9. The topological polar surface area (TPSA) is 157 Å². The number of carbonyl (C=O) groups excluding carboxylic acids is 1. The Kier molecular flexibility index (Phi) is 10.6. The van der Waals surface area contributed by atoms with Crippen molar-refractivity contribution >= 4 is 17.9 Å². The molecule has 0 saturated heterocycles. The van der Waals surface area contributed by atoms with E-state index in [1.54, 1.807) is 60.7 Å². The van der Waals surface area contributed by atoms with Gasteiger partial charge in [-0.05, 0) is 78.4 Å². The molecule has 0 aromatic heterocycles. The van der Waals surface area contributed by atoms with Gasteiger partial charge in [-0.25, -0.2) is 4.89 Å². The molecular weight excluding hydrogens is 564 g/mol. The molecule has 4 aromatic carbocycles. The predicted molar refractivity (Wildman–Crippen MR) is 166 cm³/mol. The van der Waals surface area contributed by atoms with E-state index < -0.39 is 23.6 Å². The highest BCUT2D eigenvalue weighted by Crippen LogP contribution is 2.45. The number of aromatic hydroxyl groups is 5. The lowest BCUT2D eigenvalue weighted by atomic mass is 9.87. The number of hydrogen-bond donors (Lipinski definition) is 6. The van der Waals surface area contributed by atoms with Crippen molar-refractivity contribution in [3.8, 4) is 34.5 Å². The van der Waals surface area contributed by atoms with Crippen LogP contribution in [0.2, 0.25) is 0 Å². The summed E-state index contributed by atoms with van der Waals surface area (Å²) in [6.07, 6.45) is 6.45. The van der Waals surface area contributed by atoms with Crippen LogP contribution < -0.4 is 4.74 Å². The SMILES string of the molecule is COc1cc(O)c(C(C=Cc2ccc(O)cc2)CC(CCc2ccc(O)cc2)OO)c(O)c1C(=O)C=Cc1ccc(O)cc1. The number of phenolic OH excluding ortho intramolecular Hbond substituents is 5. The zero-order valence-corrected chi connectivity index (χ0v) is 24.0. The Morgan fingerprint density at radius 2 is 1.34 bits per heavy atom. The molecule has 2 atom stereocenters. The van der Waals surface area contributed by atoms with E-state index in [4.69, 9.17) is 9.62 Å². The number of rotatable bonds is 13. The van der Waals surface area contributed by atoms with Crippen LogP contribution in [-0.2, 0) is 11.3 Å². The predicted octanol–water partition coefficient (Wildman–Crippen LogP) is 6.80. The maximum atomic E-state index is 13.4. The van der Waals surface area contributed by atoms with Gasteiger partial charge in [-0.15, -0.1) is 0 Å². The Hall–Kier alpha value is -5.25. The van der Waals surface area contributed by atoms with Gasteiger partial charge in [-0.1, -0.05) is 54.6 Å². The van der Waals surface area contributed by atoms with Crippen LogP contribution in [0.3, 0.4) is 0 Å². The highest BCUT2D eigenvalue weighted by molar-refractivity contribution is 6.11. The van der Waals surface area contributed by atoms with Crippen molar-refractivity contribution in [3.63, 3.8) is 0 Å². The van der Waals surface area contributed by atoms with Crippen molar-refractivity contribution in [2.75, 3.05) is 7.11 Å². The lowest BCUT2D eigenvalue weighted by molar-refractivity contribution is -0.281. The smallest absolute Gasteiger partial charge is 0.193 e. The van der Waals surface area contributed by atoms with Gasteiger partial charge in [0.15, 0.2) is 5.78 Å². The standard InChI is InChI=1S/C35H34O9/c1-43-32-21-31(40)33(35(41)34(32)30(39)19-10-24-7-16-28(38)17-8-24)25(11-2-22-3-12-26(36)13-4-22)20-29(44-42)18-9-23-5-14-27(37)15-6-23/h2-8,10-17,19,21,25,29,36-38,40-42H,9,18,20H2,1H3. The normalized spacial score (nSPS) is 12.9. The zero-order valence-electron chi connectivity index (χ0n) is 24.0. The van der Waals surface area contributed by atoms with E-state index in [1.807, 2.05) is 0 Å². The molecule has 0 spiro atoms. The van der Waals surface area contributed by atoms with Crippen molar-refractivity contribution in [3.05, 3.63) is 119 Å². The van der Waals surface area contributed by atoms with Gasteiger partial charge in [0.2, 0.25) is 0 Å². The monoisotopic (exact) mass is 598 g/mol. The third kappa shape index (κ3) is 8.19. The first-order valence-corrected chi connectivity index (χ1v) is 13.9. The molecule has 4 aromatic rings. The molecule has 4 rings (SSSR count). The van der Waals surface area contributed by atoms with E-state index >= 15 is 0 Å². The second-order valence-corrected chi connectivity index (χ2v) is 10.2. The van der Waals surface area contributed by atoms with Crippen molar-refractivity contribution in [1.82, 2.24) is 0 Å². The molecule has 0 aliphatic rings. The van der Waals surface area contributed by atoms with Crippen molar-refractivity contribution < 1.29 is 45.2 Å². The number of phenols is 5. The maximum absolute atomic E-state index is 13.4. The van der Waals surface area contributed by atoms with Gasteiger partial charge < -0.3 is 30.3 Å². The summed E-state index contributed by atoms with van der Waals surface area (Å²) in [6, 6.07) is 20.5. The summed E-state index contributed by atoms with van der Waals surface area (Å²) >= 11 is 0. The fraction of sp³-hybridized carbons (Fsp3) is 0.171. The molecule has 6 N–H and O–H groups in total. The molecule has 0 aliphatic carbocycles. The quantitative estimate of drug-likeness (QED) is 0.0422. The largest absolute Gasteiger partial charge is 0.508 e. The van der Waals surface area contributed by atoms with Gasteiger partial charge in [0.05, 0.1) is 13.2 Å². The number of ketones is 1. The molecule has 0 amide bonds. The van der Waals surface area contributed by atoms with Crippen LogP contribution in [0.1, 0.15) is 51.4 Å². The molecule has 0 bridgehead atoms. The summed E-state index contributed by atoms with van der Waals surface area (Å²) in [4.78, 5) is 18.2. The van der Waals surface area contributed by atoms with Crippen molar-refractivity contribution in [1.29, 1.82) is 0 Å². The first kappa shape index (κ1) is 31.7. The second kappa shape index (κ2) is 14.8. The number of ether oxygens (including phenoxy) is 1. The number of methoxy groups -OCH3 is 1. The van der Waals surface area contributed by atoms with E-state index in [0.29, 0.717) is 18.4 Å². The Balaban J connectivity index is 1.70. The Labute approximate surface area is 254 Å². The molecule has 0 aliphatic heterocycles. The minimum atomic E-state index is -0.751. The van der Waals surface area contributed by atoms with E-state index in [0.717, 1.165) is 11.1 Å². The summed E-state index contributed by atoms with van der Waals surface area (Å²) in [5.41, 5.74) is 2.14. The Morgan fingerprint density at radius 1 is 0.795 bits per heavy atom. The highest BCUT2D eigenvalue weighted by atomic mass is 17.1. The van der Waals surface area contributed by atoms with E-state index in [1.165, 1.54) is 49.6 Å². The molecule has 0 radical (unpaired) electrons. The molecule has 228 valence electrons. The van der Waals surface area contributed by atoms with Crippen LogP contribution in [-0.4, -0.2) is 49.8 Å². The van der Waals surface area contributed by atoms with Gasteiger partial charge in [0.1, 0.15) is 40.1 Å². The molecule has 44 heavy (non-hydrogen) atoms. The average molecular weight is 599 g/mol. The minimum absolute atomic E-state index is 0.0346. The van der Waals surface area contributed by atoms with Crippen LogP contribution >= 0.6 is 0 Å². The fourth-order valence-corrected chi connectivity index (χ4v) is 4.84. The summed E-state index contributed by atoms with van der Waals surface area (Å²) in [5.74, 6) is -1.88. The molecule has 2 unspecified atom stereocenters. The van der Waals surface area contributed by atoms with Crippen LogP contribution in [0.25, 0.3) is 12.2 Å². The third-order valence-electron chi connectivity index (χ3n) is 7.21. The van der Waals surface area contributed by atoms with Gasteiger partial charge in [-0.2, -0.15) is 0 Å². The van der Waals surface area contributed by atoms with Crippen LogP contribution in [0.4, 0.5) is 0 Å². The Morgan fingerprint density at radius 3 is 1.89 bits per heavy atom. The summed E-state index contributed by atoms with van der Waals surface area (Å²) in [5, 5.41) is 61.1. The fourth-order valence-electron chi connectivity index (χ4n) is 4.84. The number of aryl methyl sites for hydroxylation is 1. The molecule has 9 nitrogen and oxygen atoms in total. The Bertz CT molecular complexity index is 1610. The van der Waals surface area contributed by atoms with Gasteiger partial charge >= 0.3 is 0 Å². The molecular formula is C35H34O9. The van der Waals surface area contributed by atoms with Crippen molar-refractivity contribution in [2.45, 2.75) is 31.3 Å². The molecule has 0 heterocycles. The van der Waals surface area contributed by atoms with Crippen LogP contribution in [0.5, 0.6) is 34.5 Å². The van der Waals surface area contributed by atoms with Gasteiger partial charge in [-0.3, -0.25) is 10.1 Å². The molecule has 0 fully saturated rings. The summed E-state index contributed by atoms with van der Waals surface area (Å²) in [6.45, 7) is 0. The van der Waals surface area contributed by atoms with Crippen molar-refractivity contribution in [2.24, 2.45) is 0 Å². The van der Waals surface area contributed by atoms with Gasteiger partial charge in [0.25, 0.3) is 0 Å². The number of hydrogen-bond acceptors (Lipinski definition) is 9. The maximum Gasteiger partial charge on any atom is 0.193 e. The zero-order chi connectivity index (χ0) is 31.6. The second-order valence-electron chi connectivity index (χ2n) is 10.2. The number of benzene rings is 4. The average Bonchev–Trinajstić information content (AvgIpc) is 3.02. The molecule has 0 saturated carbocycles. The lowest BCUT2D eigenvalue weighted by Crippen LogP contribution is -2.16. The van der Waals surface area contributed by atoms with Gasteiger partial charge in [0, 0.05) is 17.5 Å². The highest BCUT2D eigenvalue weighted by Gasteiger charge is 2.28. The van der Waals surface area contributed by atoms with E-state index in [-0.39, 0.29) is 46.3 Å². The molecule has 9 heteroatoms. The first-order chi connectivity index (χ1) is 21.2. The van der Waals surface area contributed by atoms with Crippen LogP contribution in [0.15, 0.2) is 91.0 Å². The summed E-state index contributed by atoms with van der Waals surface area (Å²) < 4.78 is 5.34. The lowest BCUT2D eigenvalue weighted by Gasteiger charge is -2.23. The van der Waals surface area contributed by atoms with E-state index in [9.17, 15) is 35.6 Å². The number of allylic oxidation sites excluding steroid dienone is 2. The summed E-state index contributed by atoms with van der Waals surface area (Å²) in [7, 11) is 1.31. The minimum Gasteiger partial charge on any atom is -0.508 e. The number of carbonyl (C=O) groups is 1. The third-order valence-corrected chi connectivity index (χ3v) is 7.21. The van der Waals surface area contributed by atoms with E-state index in [2.05, 4.69) is 0 Å².